The predicted molar refractivity (Wildman–Crippen MR) is 161 cm³/mol. The second kappa shape index (κ2) is 10.8. The Bertz CT molecular complexity index is 1370. The Morgan fingerprint density at radius 3 is 2.32 bits per heavy atom. The van der Waals surface area contributed by atoms with Crippen molar-refractivity contribution in [3.63, 3.8) is 0 Å². The van der Waals surface area contributed by atoms with Crippen molar-refractivity contribution in [1.29, 1.82) is 0 Å². The quantitative estimate of drug-likeness (QED) is 0.340. The van der Waals surface area contributed by atoms with E-state index in [1.807, 2.05) is 32.9 Å². The number of fused-ring (bicyclic) bond motifs is 1. The van der Waals surface area contributed by atoms with Gasteiger partial charge in [0, 0.05) is 18.8 Å². The zero-order chi connectivity index (χ0) is 29.1. The maximum Gasteiger partial charge on any atom is 0.144 e. The summed E-state index contributed by atoms with van der Waals surface area (Å²) in [5.74, 6) is -0.476. The van der Waals surface area contributed by atoms with Crippen LogP contribution in [-0.4, -0.2) is 29.1 Å². The van der Waals surface area contributed by atoms with Gasteiger partial charge in [-0.25, -0.2) is 0 Å². The van der Waals surface area contributed by atoms with Crippen molar-refractivity contribution in [2.24, 2.45) is 41.4 Å². The molecule has 1 spiro atoms. The Kier molecular flexibility index (Phi) is 7.43. The molecule has 2 heterocycles. The second-order valence-corrected chi connectivity index (χ2v) is 13.8. The first kappa shape index (κ1) is 28.3. The van der Waals surface area contributed by atoms with Crippen LogP contribution in [0, 0.1) is 62.2 Å². The minimum Gasteiger partial charge on any atom is -0.361 e. The van der Waals surface area contributed by atoms with Crippen LogP contribution < -0.4 is 0 Å². The van der Waals surface area contributed by atoms with E-state index < -0.39 is 35.4 Å². The zero-order valence-corrected chi connectivity index (χ0v) is 25.2. The number of Topliss-reactive ketones (excluding diaryl/α,β-unsaturated/α-hetero) is 3. The van der Waals surface area contributed by atoms with Crippen LogP contribution in [0.4, 0.5) is 0 Å². The zero-order valence-electron chi connectivity index (χ0n) is 25.2. The van der Waals surface area contributed by atoms with Crippen molar-refractivity contribution in [2.75, 3.05) is 0 Å². The SMILES string of the molecule is Cc1ccc(CC2C(=O)C3C(C(=O)CC4CCCC(C)C4C)C4C=CC3(O4)C2C(=O)Cc2cc(C)cc(C)c2)cc1. The molecular weight excluding hydrogens is 508 g/mol. The smallest absolute Gasteiger partial charge is 0.144 e. The molecule has 41 heavy (non-hydrogen) atoms. The number of hydrogen-bond donors (Lipinski definition) is 0. The van der Waals surface area contributed by atoms with E-state index in [0.29, 0.717) is 30.6 Å². The highest BCUT2D eigenvalue weighted by molar-refractivity contribution is 6.02. The van der Waals surface area contributed by atoms with Crippen molar-refractivity contribution in [3.8, 4) is 0 Å². The Labute approximate surface area is 244 Å². The Hall–Kier alpha value is -2.85. The van der Waals surface area contributed by atoms with Crippen molar-refractivity contribution in [2.45, 2.75) is 84.8 Å². The van der Waals surface area contributed by atoms with Gasteiger partial charge < -0.3 is 4.74 Å². The average molecular weight is 553 g/mol. The molecule has 0 radical (unpaired) electrons. The van der Waals surface area contributed by atoms with E-state index in [1.165, 1.54) is 6.42 Å². The number of ether oxygens (including phenoxy) is 1. The number of aryl methyl sites for hydroxylation is 3. The molecule has 2 aromatic carbocycles. The molecule has 4 heteroatoms. The third-order valence-corrected chi connectivity index (χ3v) is 10.9. The predicted octanol–water partition coefficient (Wildman–Crippen LogP) is 6.75. The normalized spacial score (nSPS) is 35.6. The molecule has 9 unspecified atom stereocenters. The van der Waals surface area contributed by atoms with E-state index >= 15 is 0 Å². The number of benzene rings is 2. The summed E-state index contributed by atoms with van der Waals surface area (Å²) in [5.41, 5.74) is 4.40. The van der Waals surface area contributed by atoms with Crippen LogP contribution in [-0.2, 0) is 32.0 Å². The number of carbonyl (C=O) groups excluding carboxylic acids is 3. The fourth-order valence-electron chi connectivity index (χ4n) is 8.78. The molecule has 2 saturated carbocycles. The van der Waals surface area contributed by atoms with E-state index in [-0.39, 0.29) is 23.8 Å². The first-order valence-electron chi connectivity index (χ1n) is 15.7. The first-order valence-corrected chi connectivity index (χ1v) is 15.7. The van der Waals surface area contributed by atoms with E-state index in [0.717, 1.165) is 40.7 Å². The van der Waals surface area contributed by atoms with Crippen molar-refractivity contribution >= 4 is 17.3 Å². The molecule has 1 saturated heterocycles. The molecule has 4 aliphatic rings. The van der Waals surface area contributed by atoms with Crippen LogP contribution in [0.1, 0.15) is 67.3 Å². The highest BCUT2D eigenvalue weighted by atomic mass is 16.5. The maximum absolute atomic E-state index is 14.4. The highest BCUT2D eigenvalue weighted by Crippen LogP contribution is 2.60. The summed E-state index contributed by atoms with van der Waals surface area (Å²) in [7, 11) is 0. The second-order valence-electron chi connectivity index (χ2n) is 13.8. The third kappa shape index (κ3) is 4.96. The standard InChI is InChI=1S/C37H44O4/c1-21-9-11-26(12-10-21)18-29-34(31(39)19-27-16-22(2)15-23(3)17-27)37-14-13-32(41-37)33(35(37)36(29)40)30(38)20-28-8-6-7-24(4)25(28)5/h9-17,24-25,28-29,32-35H,6-8,18-20H2,1-5H3. The molecule has 9 atom stereocenters. The van der Waals surface area contributed by atoms with E-state index in [2.05, 4.69) is 56.3 Å². The van der Waals surface area contributed by atoms with Crippen LogP contribution in [0.3, 0.4) is 0 Å². The summed E-state index contributed by atoms with van der Waals surface area (Å²) in [6.07, 6.45) is 8.25. The average Bonchev–Trinajstić information content (AvgIpc) is 3.55. The molecule has 2 aliphatic heterocycles. The molecule has 3 fully saturated rings. The van der Waals surface area contributed by atoms with Gasteiger partial charge in [0.25, 0.3) is 0 Å². The van der Waals surface area contributed by atoms with Gasteiger partial charge in [-0.2, -0.15) is 0 Å². The fourth-order valence-corrected chi connectivity index (χ4v) is 8.78. The van der Waals surface area contributed by atoms with E-state index in [1.54, 1.807) is 0 Å². The van der Waals surface area contributed by atoms with Crippen molar-refractivity contribution < 1.29 is 19.1 Å². The number of ketones is 3. The molecule has 0 N–H and O–H groups in total. The van der Waals surface area contributed by atoms with Gasteiger partial charge in [-0.05, 0) is 62.5 Å². The maximum atomic E-state index is 14.4. The van der Waals surface area contributed by atoms with E-state index in [9.17, 15) is 14.4 Å². The highest BCUT2D eigenvalue weighted by Gasteiger charge is 2.72. The molecule has 2 aliphatic carbocycles. The molecule has 2 aromatic rings. The van der Waals surface area contributed by atoms with Crippen molar-refractivity contribution in [3.05, 3.63) is 82.4 Å². The fraction of sp³-hybridized carbons (Fsp3) is 0.541. The topological polar surface area (TPSA) is 60.4 Å². The van der Waals surface area contributed by atoms with Gasteiger partial charge in [-0.3, -0.25) is 14.4 Å². The number of hydrogen-bond acceptors (Lipinski definition) is 4. The van der Waals surface area contributed by atoms with Gasteiger partial charge in [0.05, 0.1) is 23.9 Å². The number of carbonyl (C=O) groups is 3. The van der Waals surface area contributed by atoms with Gasteiger partial charge in [0.15, 0.2) is 0 Å². The molecular formula is C37H44O4. The van der Waals surface area contributed by atoms with Crippen LogP contribution in [0.25, 0.3) is 0 Å². The lowest BCUT2D eigenvalue weighted by atomic mass is 9.67. The van der Waals surface area contributed by atoms with Crippen LogP contribution >= 0.6 is 0 Å². The lowest BCUT2D eigenvalue weighted by Crippen LogP contribution is -2.44. The minimum atomic E-state index is -1.02. The van der Waals surface area contributed by atoms with Gasteiger partial charge in [0.1, 0.15) is 23.0 Å². The Balaban J connectivity index is 1.33. The van der Waals surface area contributed by atoms with Gasteiger partial charge in [-0.15, -0.1) is 0 Å². The van der Waals surface area contributed by atoms with Crippen LogP contribution in [0.5, 0.6) is 0 Å². The summed E-state index contributed by atoms with van der Waals surface area (Å²) in [4.78, 5) is 42.7. The summed E-state index contributed by atoms with van der Waals surface area (Å²) < 4.78 is 6.66. The molecule has 0 aromatic heterocycles. The van der Waals surface area contributed by atoms with Crippen LogP contribution in [0.15, 0.2) is 54.6 Å². The van der Waals surface area contributed by atoms with Crippen LogP contribution in [0.2, 0.25) is 0 Å². The monoisotopic (exact) mass is 552 g/mol. The largest absolute Gasteiger partial charge is 0.361 e. The summed E-state index contributed by atoms with van der Waals surface area (Å²) in [6, 6.07) is 14.5. The molecule has 2 bridgehead atoms. The van der Waals surface area contributed by atoms with Gasteiger partial charge >= 0.3 is 0 Å². The molecule has 6 rings (SSSR count). The first-order chi connectivity index (χ1) is 19.6. The molecule has 216 valence electrons. The minimum absolute atomic E-state index is 0.0380. The van der Waals surface area contributed by atoms with E-state index in [4.69, 9.17) is 4.74 Å². The lowest BCUT2D eigenvalue weighted by Gasteiger charge is -2.35. The Morgan fingerprint density at radius 2 is 1.61 bits per heavy atom. The number of rotatable bonds is 8. The summed E-state index contributed by atoms with van der Waals surface area (Å²) in [6.45, 7) is 10.7. The summed E-state index contributed by atoms with van der Waals surface area (Å²) >= 11 is 0. The molecule has 4 nitrogen and oxygen atoms in total. The Morgan fingerprint density at radius 1 is 0.902 bits per heavy atom. The lowest BCUT2D eigenvalue weighted by molar-refractivity contribution is -0.134. The molecule has 0 amide bonds. The van der Waals surface area contributed by atoms with Gasteiger partial charge in [0.2, 0.25) is 0 Å². The third-order valence-electron chi connectivity index (χ3n) is 10.9. The van der Waals surface area contributed by atoms with Crippen molar-refractivity contribution in [1.82, 2.24) is 0 Å². The summed E-state index contributed by atoms with van der Waals surface area (Å²) in [5, 5.41) is 0. The van der Waals surface area contributed by atoms with Gasteiger partial charge in [-0.1, -0.05) is 98.0 Å².